The lowest BCUT2D eigenvalue weighted by atomic mass is 9.72. The van der Waals surface area contributed by atoms with Crippen LogP contribution < -0.4 is 25.0 Å². The number of thiazole rings is 1. The molecule has 7 nitrogen and oxygen atoms in total. The summed E-state index contributed by atoms with van der Waals surface area (Å²) in [5, 5.41) is 2.25. The topological polar surface area (TPSA) is 60.9 Å². The molecule has 0 fully saturated rings. The van der Waals surface area contributed by atoms with Crippen molar-refractivity contribution in [2.24, 2.45) is 0 Å². The van der Waals surface area contributed by atoms with E-state index in [0.29, 0.717) is 10.7 Å². The molecule has 7 rings (SSSR count). The number of hydrogen-bond acceptors (Lipinski definition) is 7. The first-order valence-electron chi connectivity index (χ1n) is 15.1. The smallest absolute Gasteiger partial charge is 0.275 e. The van der Waals surface area contributed by atoms with Gasteiger partial charge in [-0.1, -0.05) is 53.8 Å². The van der Waals surface area contributed by atoms with Gasteiger partial charge in [0.25, 0.3) is 5.91 Å². The van der Waals surface area contributed by atoms with Crippen LogP contribution in [-0.4, -0.2) is 37.1 Å². The molecule has 0 unspecified atom stereocenters. The van der Waals surface area contributed by atoms with E-state index in [9.17, 15) is 4.79 Å². The summed E-state index contributed by atoms with van der Waals surface area (Å²) < 4.78 is 7.81. The van der Waals surface area contributed by atoms with E-state index in [4.69, 9.17) is 9.72 Å². The zero-order valence-corrected chi connectivity index (χ0v) is 25.7. The van der Waals surface area contributed by atoms with Gasteiger partial charge in [0.2, 0.25) is 5.13 Å². The number of rotatable bonds is 7. The number of carbonyl (C=O) groups excluding carboxylic acids is 1. The summed E-state index contributed by atoms with van der Waals surface area (Å²) in [4.78, 5) is 23.7. The second kappa shape index (κ2) is 10.7. The van der Waals surface area contributed by atoms with Gasteiger partial charge in [0, 0.05) is 66.4 Å². The number of ether oxygens (including phenoxy) is 1. The van der Waals surface area contributed by atoms with Crippen LogP contribution in [0.2, 0.25) is 0 Å². The van der Waals surface area contributed by atoms with Crippen molar-refractivity contribution < 1.29 is 9.53 Å². The lowest BCUT2D eigenvalue weighted by Crippen LogP contribution is -2.61. The normalized spacial score (nSPS) is 14.7. The fraction of sp³-hybridized carbons (Fsp3) is 0.257. The first kappa shape index (κ1) is 27.4. The van der Waals surface area contributed by atoms with Gasteiger partial charge in [-0.2, -0.15) is 0 Å². The van der Waals surface area contributed by atoms with Crippen molar-refractivity contribution in [1.82, 2.24) is 10.4 Å². The average Bonchev–Trinajstić information content (AvgIpc) is 3.48. The first-order chi connectivity index (χ1) is 21.0. The highest BCUT2D eigenvalue weighted by Gasteiger charge is 2.51. The minimum absolute atomic E-state index is 0.130. The molecule has 0 bridgehead atoms. The molecule has 3 heterocycles. The van der Waals surface area contributed by atoms with E-state index in [1.54, 1.807) is 5.01 Å². The summed E-state index contributed by atoms with van der Waals surface area (Å²) in [6.45, 7) is 12.2. The Kier molecular flexibility index (Phi) is 6.83. The molecule has 1 amide bonds. The molecule has 2 aliphatic heterocycles. The molecule has 2 aliphatic rings. The van der Waals surface area contributed by atoms with Gasteiger partial charge in [-0.15, -0.1) is 0 Å². The van der Waals surface area contributed by atoms with Crippen LogP contribution in [0, 0.1) is 0 Å². The molecule has 43 heavy (non-hydrogen) atoms. The zero-order valence-electron chi connectivity index (χ0n) is 24.9. The number of para-hydroxylation sites is 1. The molecule has 5 aromatic rings. The van der Waals surface area contributed by atoms with E-state index in [2.05, 4.69) is 85.4 Å². The van der Waals surface area contributed by atoms with Crippen LogP contribution in [0.4, 0.5) is 16.5 Å². The Bertz CT molecular complexity index is 1750. The molecular formula is C35H35N5O2S. The van der Waals surface area contributed by atoms with Crippen molar-refractivity contribution in [1.29, 1.82) is 0 Å². The fourth-order valence-electron chi connectivity index (χ4n) is 6.54. The van der Waals surface area contributed by atoms with Gasteiger partial charge < -0.3 is 14.5 Å². The number of benzene rings is 4. The predicted molar refractivity (Wildman–Crippen MR) is 176 cm³/mol. The Morgan fingerprint density at radius 3 is 1.95 bits per heavy atom. The number of fused-ring (bicyclic) bond motifs is 7. The molecule has 1 N–H and O–H groups in total. The Morgan fingerprint density at radius 2 is 1.35 bits per heavy atom. The van der Waals surface area contributed by atoms with Gasteiger partial charge >= 0.3 is 0 Å². The van der Waals surface area contributed by atoms with Crippen molar-refractivity contribution in [3.8, 4) is 11.5 Å². The number of nitrogens with one attached hydrogen (secondary N) is 1. The summed E-state index contributed by atoms with van der Waals surface area (Å²) in [7, 11) is 0. The summed E-state index contributed by atoms with van der Waals surface area (Å²) in [5.41, 5.74) is 9.37. The van der Waals surface area contributed by atoms with Crippen molar-refractivity contribution in [2.75, 3.05) is 41.0 Å². The molecule has 1 spiro atoms. The number of amides is 1. The van der Waals surface area contributed by atoms with E-state index in [1.807, 2.05) is 42.5 Å². The van der Waals surface area contributed by atoms with Crippen LogP contribution in [-0.2, 0) is 5.54 Å². The standard InChI is InChI=1S/C35H35N5O2S/c1-5-38(6-2)23-17-19-27-30(21-23)42-31-22-24(39(7-3)8-4)18-20-28(31)35(27)26-14-10-9-13-25(26)33(41)40(37-35)34-36-29-15-11-12-16-32(29)43-34/h9-22,37H,5-8H2,1-4H3. The third kappa shape index (κ3) is 4.19. The van der Waals surface area contributed by atoms with E-state index in [0.717, 1.165) is 76.0 Å². The summed E-state index contributed by atoms with van der Waals surface area (Å²) in [6, 6.07) is 28.8. The lowest BCUT2D eigenvalue weighted by Gasteiger charge is -2.47. The molecule has 8 heteroatoms. The van der Waals surface area contributed by atoms with Gasteiger partial charge in [0.15, 0.2) is 0 Å². The van der Waals surface area contributed by atoms with Gasteiger partial charge in [0.05, 0.1) is 10.2 Å². The molecule has 0 atom stereocenters. The number of carbonyl (C=O) groups is 1. The number of hydrazine groups is 1. The van der Waals surface area contributed by atoms with Crippen LogP contribution in [0.3, 0.4) is 0 Å². The van der Waals surface area contributed by atoms with Crippen molar-refractivity contribution in [2.45, 2.75) is 33.2 Å². The van der Waals surface area contributed by atoms with Gasteiger partial charge in [-0.25, -0.2) is 15.4 Å². The highest BCUT2D eigenvalue weighted by Crippen LogP contribution is 2.54. The van der Waals surface area contributed by atoms with Gasteiger partial charge in [0.1, 0.15) is 17.0 Å². The Balaban J connectivity index is 1.50. The van der Waals surface area contributed by atoms with Crippen molar-refractivity contribution in [3.63, 3.8) is 0 Å². The largest absolute Gasteiger partial charge is 0.456 e. The monoisotopic (exact) mass is 589 g/mol. The van der Waals surface area contributed by atoms with Crippen molar-refractivity contribution >= 4 is 44.0 Å². The maximum atomic E-state index is 14.2. The van der Waals surface area contributed by atoms with Gasteiger partial charge in [-0.3, -0.25) is 4.79 Å². The fourth-order valence-corrected chi connectivity index (χ4v) is 7.47. The Labute approximate surface area is 256 Å². The molecule has 0 saturated heterocycles. The third-order valence-corrected chi connectivity index (χ3v) is 9.76. The Hall–Kier alpha value is -4.40. The molecule has 0 aliphatic carbocycles. The Morgan fingerprint density at radius 1 is 0.767 bits per heavy atom. The van der Waals surface area contributed by atoms with Crippen LogP contribution in [0.25, 0.3) is 10.2 Å². The number of hydrogen-bond donors (Lipinski definition) is 1. The predicted octanol–water partition coefficient (Wildman–Crippen LogP) is 7.55. The third-order valence-electron chi connectivity index (χ3n) is 8.73. The summed E-state index contributed by atoms with van der Waals surface area (Å²) in [5.74, 6) is 1.42. The minimum Gasteiger partial charge on any atom is -0.456 e. The molecule has 1 aromatic heterocycles. The van der Waals surface area contributed by atoms with Crippen molar-refractivity contribution in [3.05, 3.63) is 107 Å². The van der Waals surface area contributed by atoms with Gasteiger partial charge in [-0.05, 0) is 63.6 Å². The van der Waals surface area contributed by atoms with Crippen LogP contribution in [0.1, 0.15) is 54.7 Å². The maximum absolute atomic E-state index is 14.2. The molecule has 0 radical (unpaired) electrons. The van der Waals surface area contributed by atoms with E-state index in [1.165, 1.54) is 11.3 Å². The number of nitrogens with zero attached hydrogens (tertiary/aromatic N) is 4. The van der Waals surface area contributed by atoms with E-state index < -0.39 is 5.54 Å². The van der Waals surface area contributed by atoms with Crippen LogP contribution in [0.5, 0.6) is 11.5 Å². The minimum atomic E-state index is -0.894. The maximum Gasteiger partial charge on any atom is 0.275 e. The molecule has 4 aromatic carbocycles. The van der Waals surface area contributed by atoms with Crippen LogP contribution >= 0.6 is 11.3 Å². The quantitative estimate of drug-likeness (QED) is 0.212. The van der Waals surface area contributed by atoms with Crippen LogP contribution in [0.15, 0.2) is 84.9 Å². The second-order valence-electron chi connectivity index (χ2n) is 10.8. The second-order valence-corrected chi connectivity index (χ2v) is 11.8. The summed E-state index contributed by atoms with van der Waals surface area (Å²) >= 11 is 1.50. The lowest BCUT2D eigenvalue weighted by molar-refractivity contribution is 0.0946. The highest BCUT2D eigenvalue weighted by molar-refractivity contribution is 7.22. The average molecular weight is 590 g/mol. The SMILES string of the molecule is CCN(CC)c1ccc2c(c1)Oc1cc(N(CC)CC)ccc1C21NN(c2nc3ccccc3s2)C(=O)c2ccccc21. The van der Waals surface area contributed by atoms with E-state index >= 15 is 0 Å². The van der Waals surface area contributed by atoms with E-state index in [-0.39, 0.29) is 5.91 Å². The molecule has 0 saturated carbocycles. The molecular weight excluding hydrogens is 554 g/mol. The highest BCUT2D eigenvalue weighted by atomic mass is 32.1. The zero-order chi connectivity index (χ0) is 29.7. The molecule has 218 valence electrons. The first-order valence-corrected chi connectivity index (χ1v) is 15.9. The number of aromatic nitrogens is 1. The summed E-state index contributed by atoms with van der Waals surface area (Å²) in [6.07, 6.45) is 0. The number of anilines is 3.